The Bertz CT molecular complexity index is 397. The van der Waals surface area contributed by atoms with Crippen molar-refractivity contribution in [1.29, 1.82) is 0 Å². The van der Waals surface area contributed by atoms with E-state index in [0.717, 1.165) is 35.5 Å². The number of anilines is 2. The molecule has 4 heteroatoms. The molecule has 0 aliphatic heterocycles. The van der Waals surface area contributed by atoms with E-state index < -0.39 is 0 Å². The van der Waals surface area contributed by atoms with Gasteiger partial charge < -0.3 is 10.6 Å². The van der Waals surface area contributed by atoms with Crippen LogP contribution in [0.4, 0.5) is 11.6 Å². The Hall–Kier alpha value is -1.32. The second-order valence-corrected chi connectivity index (χ2v) is 5.21. The first-order chi connectivity index (χ1) is 8.70. The lowest BCUT2D eigenvalue weighted by atomic mass is 10.0. The molecule has 1 saturated carbocycles. The van der Waals surface area contributed by atoms with Crippen molar-refractivity contribution in [2.45, 2.75) is 46.0 Å². The highest BCUT2D eigenvalue weighted by molar-refractivity contribution is 5.56. The zero-order valence-electron chi connectivity index (χ0n) is 11.7. The van der Waals surface area contributed by atoms with Gasteiger partial charge in [-0.05, 0) is 26.2 Å². The van der Waals surface area contributed by atoms with Crippen LogP contribution in [0.2, 0.25) is 0 Å². The quantitative estimate of drug-likeness (QED) is 0.840. The maximum absolute atomic E-state index is 4.48. The summed E-state index contributed by atoms with van der Waals surface area (Å²) in [5.74, 6) is 3.63. The predicted octanol–water partition coefficient (Wildman–Crippen LogP) is 3.13. The molecule has 100 valence electrons. The smallest absolute Gasteiger partial charge is 0.134 e. The van der Waals surface area contributed by atoms with Crippen LogP contribution >= 0.6 is 0 Å². The molecule has 1 fully saturated rings. The molecule has 0 amide bonds. The summed E-state index contributed by atoms with van der Waals surface area (Å²) < 4.78 is 0. The number of hydrogen-bond donors (Lipinski definition) is 2. The minimum atomic E-state index is 0.813. The van der Waals surface area contributed by atoms with Gasteiger partial charge in [0.15, 0.2) is 0 Å². The number of nitrogens with zero attached hydrogens (tertiary/aromatic N) is 2. The normalized spacial score (nSPS) is 15.9. The van der Waals surface area contributed by atoms with Crippen LogP contribution in [0, 0.1) is 19.8 Å². The van der Waals surface area contributed by atoms with Gasteiger partial charge in [-0.1, -0.05) is 25.7 Å². The summed E-state index contributed by atoms with van der Waals surface area (Å²) in [6.45, 7) is 5.01. The average Bonchev–Trinajstić information content (AvgIpc) is 2.86. The van der Waals surface area contributed by atoms with Crippen molar-refractivity contribution in [3.05, 3.63) is 11.4 Å². The highest BCUT2D eigenvalue weighted by Gasteiger charge is 2.14. The van der Waals surface area contributed by atoms with Gasteiger partial charge in [0.2, 0.25) is 0 Å². The van der Waals surface area contributed by atoms with E-state index in [0.29, 0.717) is 0 Å². The second-order valence-electron chi connectivity index (χ2n) is 5.21. The molecule has 0 atom stereocenters. The first-order valence-corrected chi connectivity index (χ1v) is 6.97. The zero-order chi connectivity index (χ0) is 13.0. The Morgan fingerprint density at radius 3 is 2.44 bits per heavy atom. The Morgan fingerprint density at radius 1 is 1.11 bits per heavy atom. The Kier molecular flexibility index (Phi) is 4.39. The maximum Gasteiger partial charge on any atom is 0.134 e. The molecule has 1 aliphatic rings. The first kappa shape index (κ1) is 13.1. The zero-order valence-corrected chi connectivity index (χ0v) is 11.7. The molecule has 1 heterocycles. The molecule has 0 bridgehead atoms. The van der Waals surface area contributed by atoms with Crippen LogP contribution in [-0.4, -0.2) is 23.6 Å². The Labute approximate surface area is 110 Å². The molecule has 18 heavy (non-hydrogen) atoms. The van der Waals surface area contributed by atoms with Crippen molar-refractivity contribution in [2.24, 2.45) is 5.92 Å². The second kappa shape index (κ2) is 6.03. The summed E-state index contributed by atoms with van der Waals surface area (Å²) in [7, 11) is 1.90. The monoisotopic (exact) mass is 248 g/mol. The number of hydrogen-bond acceptors (Lipinski definition) is 4. The number of rotatable bonds is 5. The number of aromatic nitrogens is 2. The van der Waals surface area contributed by atoms with Crippen molar-refractivity contribution < 1.29 is 0 Å². The van der Waals surface area contributed by atoms with Crippen molar-refractivity contribution >= 4 is 11.6 Å². The van der Waals surface area contributed by atoms with Gasteiger partial charge in [0, 0.05) is 19.2 Å². The molecule has 1 aromatic rings. The molecule has 0 saturated heterocycles. The minimum Gasteiger partial charge on any atom is -0.373 e. The third-order valence-electron chi connectivity index (χ3n) is 3.81. The van der Waals surface area contributed by atoms with Crippen LogP contribution < -0.4 is 10.6 Å². The highest BCUT2D eigenvalue weighted by Crippen LogP contribution is 2.27. The van der Waals surface area contributed by atoms with E-state index in [4.69, 9.17) is 0 Å². The lowest BCUT2D eigenvalue weighted by molar-refractivity contribution is 0.518. The lowest BCUT2D eigenvalue weighted by Gasteiger charge is -2.14. The third kappa shape index (κ3) is 3.12. The molecule has 1 aromatic heterocycles. The molecular weight excluding hydrogens is 224 g/mol. The standard InChI is InChI=1S/C14H24N4/c1-10-13(15-3)17-11(2)18-14(10)16-9-8-12-6-4-5-7-12/h12H,4-9H2,1-3H3,(H2,15,16,17,18). The summed E-state index contributed by atoms with van der Waals surface area (Å²) in [4.78, 5) is 8.86. The van der Waals surface area contributed by atoms with Gasteiger partial charge in [-0.3, -0.25) is 0 Å². The Morgan fingerprint density at radius 2 is 1.78 bits per heavy atom. The van der Waals surface area contributed by atoms with Gasteiger partial charge >= 0.3 is 0 Å². The fourth-order valence-corrected chi connectivity index (χ4v) is 2.74. The first-order valence-electron chi connectivity index (χ1n) is 6.97. The topological polar surface area (TPSA) is 49.8 Å². The largest absolute Gasteiger partial charge is 0.373 e. The van der Waals surface area contributed by atoms with Crippen molar-refractivity contribution in [1.82, 2.24) is 9.97 Å². The predicted molar refractivity (Wildman–Crippen MR) is 76.1 cm³/mol. The SMILES string of the molecule is CNc1nc(C)nc(NCCC2CCCC2)c1C. The van der Waals surface area contributed by atoms with E-state index in [1.54, 1.807) is 0 Å². The van der Waals surface area contributed by atoms with Gasteiger partial charge in [-0.2, -0.15) is 0 Å². The number of aryl methyl sites for hydroxylation is 1. The molecule has 2 rings (SSSR count). The van der Waals surface area contributed by atoms with E-state index in [2.05, 4.69) is 27.5 Å². The molecule has 4 nitrogen and oxygen atoms in total. The van der Waals surface area contributed by atoms with E-state index in [9.17, 15) is 0 Å². The third-order valence-corrected chi connectivity index (χ3v) is 3.81. The van der Waals surface area contributed by atoms with Crippen LogP contribution in [-0.2, 0) is 0 Å². The lowest BCUT2D eigenvalue weighted by Crippen LogP contribution is -2.11. The van der Waals surface area contributed by atoms with Gasteiger partial charge in [-0.25, -0.2) is 9.97 Å². The van der Waals surface area contributed by atoms with Gasteiger partial charge in [0.25, 0.3) is 0 Å². The molecule has 1 aliphatic carbocycles. The van der Waals surface area contributed by atoms with Crippen molar-refractivity contribution in [3.63, 3.8) is 0 Å². The fourth-order valence-electron chi connectivity index (χ4n) is 2.74. The Balaban J connectivity index is 1.93. The van der Waals surface area contributed by atoms with E-state index in [-0.39, 0.29) is 0 Å². The van der Waals surface area contributed by atoms with Crippen LogP contribution in [0.15, 0.2) is 0 Å². The summed E-state index contributed by atoms with van der Waals surface area (Å²) in [5.41, 5.74) is 1.11. The molecular formula is C14H24N4. The maximum atomic E-state index is 4.48. The van der Waals surface area contributed by atoms with Gasteiger partial charge in [0.1, 0.15) is 17.5 Å². The van der Waals surface area contributed by atoms with E-state index in [1.807, 2.05) is 14.0 Å². The molecule has 2 N–H and O–H groups in total. The van der Waals surface area contributed by atoms with Crippen molar-refractivity contribution in [2.75, 3.05) is 24.2 Å². The summed E-state index contributed by atoms with van der Waals surface area (Å²) >= 11 is 0. The fraction of sp³-hybridized carbons (Fsp3) is 0.714. The molecule has 0 unspecified atom stereocenters. The van der Waals surface area contributed by atoms with Crippen LogP contribution in [0.5, 0.6) is 0 Å². The van der Waals surface area contributed by atoms with Gasteiger partial charge in [0.05, 0.1) is 0 Å². The van der Waals surface area contributed by atoms with Crippen molar-refractivity contribution in [3.8, 4) is 0 Å². The molecule has 0 spiro atoms. The number of nitrogens with one attached hydrogen (secondary N) is 2. The molecule has 0 radical (unpaired) electrons. The van der Waals surface area contributed by atoms with E-state index in [1.165, 1.54) is 32.1 Å². The van der Waals surface area contributed by atoms with E-state index >= 15 is 0 Å². The average molecular weight is 248 g/mol. The summed E-state index contributed by atoms with van der Waals surface area (Å²) in [6, 6.07) is 0. The van der Waals surface area contributed by atoms with Crippen LogP contribution in [0.25, 0.3) is 0 Å². The van der Waals surface area contributed by atoms with Crippen LogP contribution in [0.1, 0.15) is 43.5 Å². The van der Waals surface area contributed by atoms with Gasteiger partial charge in [-0.15, -0.1) is 0 Å². The van der Waals surface area contributed by atoms with Crippen LogP contribution in [0.3, 0.4) is 0 Å². The minimum absolute atomic E-state index is 0.813. The molecule has 0 aromatic carbocycles. The highest BCUT2D eigenvalue weighted by atomic mass is 15.1. The summed E-state index contributed by atoms with van der Waals surface area (Å²) in [6.07, 6.45) is 6.91. The summed E-state index contributed by atoms with van der Waals surface area (Å²) in [5, 5.41) is 6.58.